The molecule has 5 heterocycles. The van der Waals surface area contributed by atoms with Gasteiger partial charge in [0.2, 0.25) is 0 Å². The quantitative estimate of drug-likeness (QED) is 0.136. The van der Waals surface area contributed by atoms with Gasteiger partial charge < -0.3 is 15.0 Å². The molecule has 8 bridgehead atoms. The SMILES string of the molecule is Cc1ccc(-c2c3nc(c(-c4ccc(C)cc4)c4[nH]c(cc4[N+](=O)[O-])c4ccc([nH]4)c(-c4ccc(C)cc4)c4ccc2[nH]4)C=C3)cc1. The van der Waals surface area contributed by atoms with E-state index < -0.39 is 0 Å². The minimum Gasteiger partial charge on any atom is -0.354 e. The van der Waals surface area contributed by atoms with Gasteiger partial charge in [0, 0.05) is 39.3 Å². The molecule has 47 heavy (non-hydrogen) atoms. The van der Waals surface area contributed by atoms with Gasteiger partial charge in [0.25, 0.3) is 5.69 Å². The number of aromatic amines is 3. The largest absolute Gasteiger partial charge is 0.354 e. The second kappa shape index (κ2) is 11.0. The number of aryl methyl sites for hydroxylation is 3. The van der Waals surface area contributed by atoms with Gasteiger partial charge in [-0.1, -0.05) is 89.5 Å². The van der Waals surface area contributed by atoms with Crippen LogP contribution in [0.1, 0.15) is 28.1 Å². The zero-order chi connectivity index (χ0) is 32.2. The number of fused-ring (bicyclic) bond motifs is 9. The van der Waals surface area contributed by atoms with Crippen LogP contribution in [0.5, 0.6) is 0 Å². The summed E-state index contributed by atoms with van der Waals surface area (Å²) in [7, 11) is 0. The van der Waals surface area contributed by atoms with Crippen molar-refractivity contribution >= 4 is 50.9 Å². The zero-order valence-electron chi connectivity index (χ0n) is 26.2. The number of H-pyrrole nitrogens is 3. The van der Waals surface area contributed by atoms with Gasteiger partial charge in [-0.2, -0.15) is 0 Å². The summed E-state index contributed by atoms with van der Waals surface area (Å²) in [6.07, 6.45) is 3.96. The first-order valence-electron chi connectivity index (χ1n) is 15.6. The third-order valence-corrected chi connectivity index (χ3v) is 8.89. The van der Waals surface area contributed by atoms with E-state index in [0.29, 0.717) is 22.3 Å². The molecule has 0 spiro atoms. The maximum Gasteiger partial charge on any atom is 0.295 e. The minimum absolute atomic E-state index is 0.0130. The van der Waals surface area contributed by atoms with E-state index in [9.17, 15) is 10.1 Å². The Balaban J connectivity index is 1.59. The van der Waals surface area contributed by atoms with Crippen molar-refractivity contribution in [3.8, 4) is 33.4 Å². The Morgan fingerprint density at radius 2 is 0.936 bits per heavy atom. The summed E-state index contributed by atoms with van der Waals surface area (Å²) in [4.78, 5) is 28.2. The summed E-state index contributed by atoms with van der Waals surface area (Å²) in [5.41, 5.74) is 14.8. The van der Waals surface area contributed by atoms with Crippen molar-refractivity contribution in [3.63, 3.8) is 0 Å². The second-order valence-corrected chi connectivity index (χ2v) is 12.2. The van der Waals surface area contributed by atoms with Crippen LogP contribution in [0.2, 0.25) is 0 Å². The molecule has 0 fully saturated rings. The van der Waals surface area contributed by atoms with Crippen LogP contribution in [0.15, 0.2) is 103 Å². The highest BCUT2D eigenvalue weighted by molar-refractivity contribution is 6.01. The standard InChI is InChI=1S/C40H31N5O2/c1-23-4-10-26(11-5-23)37-30-17-16-29(41-30)35-22-36(45(46)47)40(44-35)39(28-14-8-25(3)9-15-28)34-21-20-33(43-34)38(32-19-18-31(37)42-32)27-12-6-24(2)7-13-27/h4-22,41-42,44H,1-3H3. The maximum absolute atomic E-state index is 12.6. The summed E-state index contributed by atoms with van der Waals surface area (Å²) < 4.78 is 0. The summed E-state index contributed by atoms with van der Waals surface area (Å²) in [5, 5.41) is 12.6. The van der Waals surface area contributed by atoms with Gasteiger partial charge in [-0.05, 0) is 73.9 Å². The third kappa shape index (κ3) is 4.98. The molecule has 8 rings (SSSR count). The van der Waals surface area contributed by atoms with E-state index in [1.807, 2.05) is 55.5 Å². The van der Waals surface area contributed by atoms with Crippen LogP contribution in [0.25, 0.3) is 78.6 Å². The molecular formula is C40H31N5O2. The number of benzene rings is 3. The summed E-state index contributed by atoms with van der Waals surface area (Å²) in [5.74, 6) is 0. The average Bonchev–Trinajstić information content (AvgIpc) is 3.89. The fourth-order valence-electron chi connectivity index (χ4n) is 6.43. The monoisotopic (exact) mass is 613 g/mol. The van der Waals surface area contributed by atoms with E-state index >= 15 is 0 Å². The van der Waals surface area contributed by atoms with E-state index in [1.54, 1.807) is 6.07 Å². The van der Waals surface area contributed by atoms with Crippen molar-refractivity contribution in [1.29, 1.82) is 0 Å². The highest BCUT2D eigenvalue weighted by Crippen LogP contribution is 2.39. The van der Waals surface area contributed by atoms with E-state index in [1.165, 1.54) is 5.56 Å². The third-order valence-electron chi connectivity index (χ3n) is 8.89. The van der Waals surface area contributed by atoms with E-state index in [-0.39, 0.29) is 10.6 Å². The highest BCUT2D eigenvalue weighted by atomic mass is 16.6. The van der Waals surface area contributed by atoms with E-state index in [4.69, 9.17) is 4.98 Å². The Morgan fingerprint density at radius 3 is 1.47 bits per heavy atom. The molecule has 0 radical (unpaired) electrons. The molecule has 1 aliphatic rings. The zero-order valence-corrected chi connectivity index (χ0v) is 26.2. The van der Waals surface area contributed by atoms with Crippen LogP contribution in [-0.4, -0.2) is 24.9 Å². The van der Waals surface area contributed by atoms with E-state index in [0.717, 1.165) is 66.7 Å². The summed E-state index contributed by atoms with van der Waals surface area (Å²) >= 11 is 0. The van der Waals surface area contributed by atoms with Crippen molar-refractivity contribution in [1.82, 2.24) is 19.9 Å². The predicted octanol–water partition coefficient (Wildman–Crippen LogP) is 10.5. The van der Waals surface area contributed by atoms with Gasteiger partial charge in [0.05, 0.1) is 27.3 Å². The van der Waals surface area contributed by atoms with Crippen LogP contribution in [-0.2, 0) is 0 Å². The topological polar surface area (TPSA) is 103 Å². The van der Waals surface area contributed by atoms with Crippen molar-refractivity contribution < 1.29 is 4.92 Å². The predicted molar refractivity (Wildman–Crippen MR) is 192 cm³/mol. The molecule has 3 N–H and O–H groups in total. The lowest BCUT2D eigenvalue weighted by atomic mass is 10.0. The first-order valence-corrected chi connectivity index (χ1v) is 15.6. The lowest BCUT2D eigenvalue weighted by molar-refractivity contribution is -0.382. The fourth-order valence-corrected chi connectivity index (χ4v) is 6.43. The Kier molecular flexibility index (Phi) is 6.62. The van der Waals surface area contributed by atoms with Crippen LogP contribution in [0.4, 0.5) is 5.69 Å². The second-order valence-electron chi connectivity index (χ2n) is 12.2. The summed E-state index contributed by atoms with van der Waals surface area (Å²) in [6.45, 7) is 6.17. The molecule has 0 aliphatic carbocycles. The number of aromatic nitrogens is 4. The van der Waals surface area contributed by atoms with Gasteiger partial charge in [0.15, 0.2) is 0 Å². The molecule has 0 saturated heterocycles. The first-order chi connectivity index (χ1) is 22.8. The molecule has 1 aliphatic heterocycles. The fraction of sp³-hybridized carbons (Fsp3) is 0.0750. The van der Waals surface area contributed by atoms with Crippen LogP contribution >= 0.6 is 0 Å². The molecule has 7 aromatic rings. The highest BCUT2D eigenvalue weighted by Gasteiger charge is 2.22. The van der Waals surface area contributed by atoms with E-state index in [2.05, 4.69) is 89.5 Å². The number of hydrogen-bond donors (Lipinski definition) is 3. The molecule has 0 unspecified atom stereocenters. The van der Waals surface area contributed by atoms with Gasteiger partial charge in [-0.25, -0.2) is 4.98 Å². The number of rotatable bonds is 4. The molecule has 0 atom stereocenters. The Bertz CT molecular complexity index is 2490. The van der Waals surface area contributed by atoms with Gasteiger partial charge in [-0.3, -0.25) is 10.1 Å². The molecule has 4 aromatic heterocycles. The lowest BCUT2D eigenvalue weighted by Gasteiger charge is -2.06. The van der Waals surface area contributed by atoms with Crippen molar-refractivity contribution in [2.24, 2.45) is 0 Å². The minimum atomic E-state index is -0.326. The molecule has 0 amide bonds. The van der Waals surface area contributed by atoms with Crippen LogP contribution in [0, 0.1) is 30.9 Å². The average molecular weight is 614 g/mol. The lowest BCUT2D eigenvalue weighted by Crippen LogP contribution is -1.91. The smallest absolute Gasteiger partial charge is 0.295 e. The summed E-state index contributed by atoms with van der Waals surface area (Å²) in [6, 6.07) is 34.7. The molecule has 228 valence electrons. The van der Waals surface area contributed by atoms with Gasteiger partial charge >= 0.3 is 0 Å². The van der Waals surface area contributed by atoms with Gasteiger partial charge in [-0.15, -0.1) is 0 Å². The Morgan fingerprint density at radius 1 is 0.511 bits per heavy atom. The van der Waals surface area contributed by atoms with Gasteiger partial charge in [0.1, 0.15) is 5.52 Å². The van der Waals surface area contributed by atoms with Crippen LogP contribution < -0.4 is 0 Å². The first kappa shape index (κ1) is 28.3. The molecule has 7 heteroatoms. The molecule has 0 saturated carbocycles. The van der Waals surface area contributed by atoms with Crippen molar-refractivity contribution in [2.75, 3.05) is 0 Å². The Labute approximate surface area is 270 Å². The van der Waals surface area contributed by atoms with Crippen molar-refractivity contribution in [3.05, 3.63) is 141 Å². The number of nitrogens with zero attached hydrogens (tertiary/aromatic N) is 2. The van der Waals surface area contributed by atoms with Crippen LogP contribution in [0.3, 0.4) is 0 Å². The Hall–Kier alpha value is -6.21. The molecule has 3 aromatic carbocycles. The normalized spacial score (nSPS) is 11.8. The number of nitrogens with one attached hydrogen (secondary N) is 3. The molecular weight excluding hydrogens is 582 g/mol. The molecule has 7 nitrogen and oxygen atoms in total. The maximum atomic E-state index is 12.6. The van der Waals surface area contributed by atoms with Crippen molar-refractivity contribution in [2.45, 2.75) is 20.8 Å². The number of nitro groups is 1. The number of hydrogen-bond acceptors (Lipinski definition) is 3.